The van der Waals surface area contributed by atoms with Crippen molar-refractivity contribution in [2.75, 3.05) is 0 Å². The summed E-state index contributed by atoms with van der Waals surface area (Å²) in [7, 11) is 0. The smallest absolute Gasteiger partial charge is 0.138 e. The van der Waals surface area contributed by atoms with Crippen molar-refractivity contribution < 1.29 is 4.74 Å². The molecule has 0 radical (unpaired) electrons. The largest absolute Gasteiger partial charge is 0.487 e. The Kier molecular flexibility index (Phi) is 6.88. The quantitative estimate of drug-likeness (QED) is 0.293. The van der Waals surface area contributed by atoms with Crippen LogP contribution in [0.3, 0.4) is 0 Å². The number of ether oxygens (including phenoxy) is 1. The Balaban J connectivity index is 1.82. The van der Waals surface area contributed by atoms with E-state index in [1.807, 2.05) is 24.3 Å². The van der Waals surface area contributed by atoms with E-state index >= 15 is 0 Å². The Labute approximate surface area is 183 Å². The molecule has 0 heterocycles. The molecule has 3 aromatic carbocycles. The van der Waals surface area contributed by atoms with Crippen LogP contribution in [0.4, 0.5) is 0 Å². The van der Waals surface area contributed by atoms with Crippen LogP contribution in [0.1, 0.15) is 16.7 Å². The third-order valence-corrected chi connectivity index (χ3v) is 5.16. The maximum absolute atomic E-state index is 9.51. The first-order chi connectivity index (χ1) is 13.5. The fourth-order valence-electron chi connectivity index (χ4n) is 2.54. The van der Waals surface area contributed by atoms with Crippen LogP contribution in [-0.2, 0) is 6.61 Å². The van der Waals surface area contributed by atoms with Gasteiger partial charge in [0, 0.05) is 21.2 Å². The van der Waals surface area contributed by atoms with Crippen LogP contribution in [0, 0.1) is 11.3 Å². The highest BCUT2D eigenvalue weighted by Crippen LogP contribution is 2.31. The summed E-state index contributed by atoms with van der Waals surface area (Å²) in [5.74, 6) is 0.529. The molecule has 28 heavy (non-hydrogen) atoms. The topological polar surface area (TPSA) is 33.0 Å². The molecule has 0 unspecified atom stereocenters. The summed E-state index contributed by atoms with van der Waals surface area (Å²) < 4.78 is 5.77. The molecule has 0 aliphatic heterocycles. The van der Waals surface area contributed by atoms with Gasteiger partial charge in [0.1, 0.15) is 12.4 Å². The number of hydrogen-bond donors (Lipinski definition) is 0. The van der Waals surface area contributed by atoms with Gasteiger partial charge in [-0.15, -0.1) is 0 Å². The van der Waals surface area contributed by atoms with E-state index < -0.39 is 0 Å². The molecule has 0 spiro atoms. The van der Waals surface area contributed by atoms with E-state index in [0.717, 1.165) is 11.1 Å². The van der Waals surface area contributed by atoms with Crippen LogP contribution in [0.15, 0.2) is 60.7 Å². The summed E-state index contributed by atoms with van der Waals surface area (Å²) in [6.07, 6.45) is 1.71. The second-order valence-corrected chi connectivity index (χ2v) is 7.52. The van der Waals surface area contributed by atoms with E-state index in [9.17, 15) is 5.26 Å². The second kappa shape index (κ2) is 9.37. The van der Waals surface area contributed by atoms with Gasteiger partial charge >= 0.3 is 0 Å². The monoisotopic (exact) mass is 447 g/mol. The molecule has 140 valence electrons. The summed E-state index contributed by atoms with van der Waals surface area (Å²) in [4.78, 5) is 0. The lowest BCUT2D eigenvalue weighted by molar-refractivity contribution is 0.306. The van der Waals surface area contributed by atoms with Crippen molar-refractivity contribution in [1.82, 2.24) is 0 Å². The molecule has 3 rings (SSSR count). The summed E-state index contributed by atoms with van der Waals surface area (Å²) >= 11 is 24.6. The van der Waals surface area contributed by atoms with Gasteiger partial charge in [-0.3, -0.25) is 0 Å². The van der Waals surface area contributed by atoms with Crippen molar-refractivity contribution >= 4 is 58.1 Å². The van der Waals surface area contributed by atoms with Crippen LogP contribution in [0.25, 0.3) is 11.6 Å². The first-order valence-corrected chi connectivity index (χ1v) is 9.72. The third kappa shape index (κ3) is 5.01. The van der Waals surface area contributed by atoms with E-state index in [1.54, 1.807) is 42.5 Å². The fraction of sp³-hybridized carbons (Fsp3) is 0.0455. The van der Waals surface area contributed by atoms with E-state index in [1.165, 1.54) is 0 Å². The lowest BCUT2D eigenvalue weighted by Gasteiger charge is -2.10. The van der Waals surface area contributed by atoms with E-state index in [0.29, 0.717) is 43.6 Å². The molecular weight excluding hydrogens is 436 g/mol. The molecule has 0 atom stereocenters. The zero-order chi connectivity index (χ0) is 20.1. The van der Waals surface area contributed by atoms with Crippen LogP contribution in [-0.4, -0.2) is 0 Å². The Bertz CT molecular complexity index is 1090. The molecule has 0 aromatic heterocycles. The third-order valence-electron chi connectivity index (χ3n) is 3.95. The van der Waals surface area contributed by atoms with Crippen LogP contribution >= 0.6 is 46.4 Å². The van der Waals surface area contributed by atoms with Crippen LogP contribution < -0.4 is 4.74 Å². The van der Waals surface area contributed by atoms with Gasteiger partial charge in [0.2, 0.25) is 0 Å². The number of nitrogens with zero attached hydrogens (tertiary/aromatic N) is 1. The maximum Gasteiger partial charge on any atom is 0.138 e. The highest BCUT2D eigenvalue weighted by atomic mass is 35.5. The average molecular weight is 449 g/mol. The lowest BCUT2D eigenvalue weighted by Crippen LogP contribution is -1.96. The average Bonchev–Trinajstić information content (AvgIpc) is 2.67. The van der Waals surface area contributed by atoms with Gasteiger partial charge in [0.15, 0.2) is 0 Å². The van der Waals surface area contributed by atoms with Crippen LogP contribution in [0.2, 0.25) is 20.1 Å². The molecule has 2 nitrogen and oxygen atoms in total. The standard InChI is InChI=1S/C22H13Cl4NO/c23-17-6-7-18(20(25)11-17)16(12-27)9-14-5-8-22(21(26)10-14)28-13-15-3-1-2-4-19(15)24/h1-11H,13H2/b16-9+. The van der Waals surface area contributed by atoms with Gasteiger partial charge in [0.25, 0.3) is 0 Å². The number of rotatable bonds is 5. The number of benzene rings is 3. The summed E-state index contributed by atoms with van der Waals surface area (Å²) in [5, 5.41) is 11.5. The van der Waals surface area contributed by atoms with Crippen molar-refractivity contribution in [3.8, 4) is 11.8 Å². The van der Waals surface area contributed by atoms with Gasteiger partial charge in [-0.05, 0) is 42.0 Å². The molecule has 3 aromatic rings. The van der Waals surface area contributed by atoms with Crippen molar-refractivity contribution in [3.05, 3.63) is 97.4 Å². The lowest BCUT2D eigenvalue weighted by atomic mass is 10.0. The molecular formula is C22H13Cl4NO. The molecule has 0 saturated carbocycles. The summed E-state index contributed by atoms with van der Waals surface area (Å²) in [6.45, 7) is 0.304. The van der Waals surface area contributed by atoms with Crippen LogP contribution in [0.5, 0.6) is 5.75 Å². The SMILES string of the molecule is N#C/C(=C\c1ccc(OCc2ccccc2Cl)c(Cl)c1)c1ccc(Cl)cc1Cl. The zero-order valence-corrected chi connectivity index (χ0v) is 17.4. The number of hydrogen-bond acceptors (Lipinski definition) is 2. The van der Waals surface area contributed by atoms with Gasteiger partial charge in [-0.2, -0.15) is 5.26 Å². The first kappa shape index (κ1) is 20.6. The van der Waals surface area contributed by atoms with Gasteiger partial charge < -0.3 is 4.74 Å². The van der Waals surface area contributed by atoms with Gasteiger partial charge in [0.05, 0.1) is 21.7 Å². The fourth-order valence-corrected chi connectivity index (χ4v) is 3.48. The van der Waals surface area contributed by atoms with Crippen molar-refractivity contribution in [3.63, 3.8) is 0 Å². The number of allylic oxidation sites excluding steroid dienone is 1. The van der Waals surface area contributed by atoms with Gasteiger partial charge in [-0.1, -0.05) is 76.7 Å². The normalized spacial score (nSPS) is 11.2. The molecule has 0 amide bonds. The highest BCUT2D eigenvalue weighted by Gasteiger charge is 2.09. The van der Waals surface area contributed by atoms with Crippen molar-refractivity contribution in [1.29, 1.82) is 5.26 Å². The molecule has 0 N–H and O–H groups in total. The molecule has 6 heteroatoms. The summed E-state index contributed by atoms with van der Waals surface area (Å²) in [6, 6.07) is 19.9. The Hall–Kier alpha value is -2.15. The Morgan fingerprint density at radius 1 is 0.893 bits per heavy atom. The minimum Gasteiger partial charge on any atom is -0.487 e. The minimum absolute atomic E-state index is 0.304. The van der Waals surface area contributed by atoms with E-state index in [2.05, 4.69) is 6.07 Å². The highest BCUT2D eigenvalue weighted by molar-refractivity contribution is 6.36. The molecule has 0 aliphatic carbocycles. The zero-order valence-electron chi connectivity index (χ0n) is 14.4. The van der Waals surface area contributed by atoms with Crippen molar-refractivity contribution in [2.45, 2.75) is 6.61 Å². The molecule has 0 bridgehead atoms. The maximum atomic E-state index is 9.51. The minimum atomic E-state index is 0.304. The predicted octanol–water partition coefficient (Wildman–Crippen LogP) is 7.94. The summed E-state index contributed by atoms with van der Waals surface area (Å²) in [5.41, 5.74) is 2.62. The first-order valence-electron chi connectivity index (χ1n) is 8.21. The molecule has 0 aliphatic rings. The molecule has 0 saturated heterocycles. The van der Waals surface area contributed by atoms with Crippen molar-refractivity contribution in [2.24, 2.45) is 0 Å². The second-order valence-electron chi connectivity index (χ2n) is 5.86. The number of nitriles is 1. The van der Waals surface area contributed by atoms with E-state index in [-0.39, 0.29) is 0 Å². The Morgan fingerprint density at radius 2 is 1.68 bits per heavy atom. The predicted molar refractivity (Wildman–Crippen MR) is 117 cm³/mol. The van der Waals surface area contributed by atoms with E-state index in [4.69, 9.17) is 51.1 Å². The van der Waals surface area contributed by atoms with Gasteiger partial charge in [-0.25, -0.2) is 0 Å². The molecule has 0 fully saturated rings. The Morgan fingerprint density at radius 3 is 2.36 bits per heavy atom. The number of halogens is 4.